The van der Waals surface area contributed by atoms with Crippen molar-refractivity contribution in [3.63, 3.8) is 0 Å². The molecule has 1 atom stereocenters. The predicted octanol–water partition coefficient (Wildman–Crippen LogP) is 0.810. The van der Waals surface area contributed by atoms with Gasteiger partial charge in [0.2, 0.25) is 11.6 Å². The van der Waals surface area contributed by atoms with Gasteiger partial charge in [0.25, 0.3) is 0 Å². The van der Waals surface area contributed by atoms with Gasteiger partial charge in [-0.1, -0.05) is 0 Å². The van der Waals surface area contributed by atoms with Gasteiger partial charge in [-0.15, -0.1) is 0 Å². The van der Waals surface area contributed by atoms with Crippen LogP contribution in [0.5, 0.6) is 0 Å². The maximum absolute atomic E-state index is 11.1. The van der Waals surface area contributed by atoms with Crippen molar-refractivity contribution < 1.29 is 4.92 Å². The largest absolute Gasteiger partial charge is 0.406 e. The molecule has 1 aliphatic rings. The lowest BCUT2D eigenvalue weighted by Crippen LogP contribution is -2.40. The van der Waals surface area contributed by atoms with Crippen LogP contribution < -0.4 is 10.6 Å². The van der Waals surface area contributed by atoms with Crippen LogP contribution in [0, 0.1) is 23.0 Å². The molecule has 1 aliphatic carbocycles. The number of hydrogen-bond acceptors (Lipinski definition) is 5. The second-order valence-electron chi connectivity index (χ2n) is 4.87. The number of likely N-dealkylation sites (N-methyl/N-ethyl adjacent to an activating group) is 1. The monoisotopic (exact) mass is 253 g/mol. The summed E-state index contributed by atoms with van der Waals surface area (Å²) in [6.07, 6.45) is 2.30. The maximum Gasteiger partial charge on any atom is 0.406 e. The number of imidazole rings is 1. The fourth-order valence-corrected chi connectivity index (χ4v) is 2.40. The highest BCUT2D eigenvalue weighted by Gasteiger charge is 2.37. The van der Waals surface area contributed by atoms with E-state index in [2.05, 4.69) is 4.98 Å². The lowest BCUT2D eigenvalue weighted by atomic mass is 10.1. The highest BCUT2D eigenvalue weighted by molar-refractivity contribution is 5.56. The van der Waals surface area contributed by atoms with Crippen molar-refractivity contribution in [2.24, 2.45) is 18.7 Å². The normalized spacial score (nSPS) is 16.7. The number of hydrogen-bond donors (Lipinski definition) is 1. The Morgan fingerprint density at radius 1 is 1.67 bits per heavy atom. The van der Waals surface area contributed by atoms with Gasteiger partial charge in [0.1, 0.15) is 0 Å². The molecule has 0 aromatic carbocycles. The van der Waals surface area contributed by atoms with Crippen LogP contribution in [0.3, 0.4) is 0 Å². The number of aromatic nitrogens is 2. The van der Waals surface area contributed by atoms with Crippen LogP contribution >= 0.6 is 0 Å². The number of nitrogens with two attached hydrogens (primary N) is 1. The van der Waals surface area contributed by atoms with E-state index in [1.165, 1.54) is 0 Å². The SMILES string of the molecule is Cc1nc([N+](=O)[O-])c(N(C)C(CN)C2CC2)n1C. The maximum atomic E-state index is 11.1. The van der Waals surface area contributed by atoms with E-state index in [4.69, 9.17) is 5.73 Å². The molecule has 18 heavy (non-hydrogen) atoms. The summed E-state index contributed by atoms with van der Waals surface area (Å²) in [4.78, 5) is 16.5. The van der Waals surface area contributed by atoms with E-state index in [-0.39, 0.29) is 11.9 Å². The number of aryl methyl sites for hydroxylation is 1. The van der Waals surface area contributed by atoms with E-state index in [1.54, 1.807) is 18.5 Å². The molecule has 2 rings (SSSR count). The standard InChI is InChI=1S/C11H19N5O2/c1-7-13-10(16(17)18)11(14(7)2)15(3)9(6-12)8-4-5-8/h8-9H,4-6,12H2,1-3H3. The molecule has 1 heterocycles. The molecule has 0 bridgehead atoms. The van der Waals surface area contributed by atoms with Gasteiger partial charge < -0.3 is 20.7 Å². The number of nitrogens with zero attached hydrogens (tertiary/aromatic N) is 4. The van der Waals surface area contributed by atoms with Crippen molar-refractivity contribution in [3.05, 3.63) is 15.9 Å². The van der Waals surface area contributed by atoms with Crippen LogP contribution in [-0.4, -0.2) is 34.1 Å². The zero-order valence-corrected chi connectivity index (χ0v) is 11.0. The average molecular weight is 253 g/mol. The van der Waals surface area contributed by atoms with Crippen LogP contribution in [-0.2, 0) is 7.05 Å². The second-order valence-corrected chi connectivity index (χ2v) is 4.87. The molecule has 1 fully saturated rings. The van der Waals surface area contributed by atoms with Crippen molar-refractivity contribution in [1.82, 2.24) is 9.55 Å². The van der Waals surface area contributed by atoms with E-state index >= 15 is 0 Å². The molecule has 2 N–H and O–H groups in total. The Morgan fingerprint density at radius 3 is 2.72 bits per heavy atom. The third-order valence-electron chi connectivity index (χ3n) is 3.68. The fraction of sp³-hybridized carbons (Fsp3) is 0.727. The van der Waals surface area contributed by atoms with Gasteiger partial charge in [-0.3, -0.25) is 4.57 Å². The van der Waals surface area contributed by atoms with Gasteiger partial charge in [0.15, 0.2) is 0 Å². The Morgan fingerprint density at radius 2 is 2.28 bits per heavy atom. The summed E-state index contributed by atoms with van der Waals surface area (Å²) in [5.74, 6) is 1.64. The number of anilines is 1. The van der Waals surface area contributed by atoms with E-state index in [1.807, 2.05) is 11.9 Å². The minimum Gasteiger partial charge on any atom is -0.358 e. The van der Waals surface area contributed by atoms with E-state index in [0.717, 1.165) is 12.8 Å². The third kappa shape index (κ3) is 2.05. The summed E-state index contributed by atoms with van der Waals surface area (Å²) in [7, 11) is 3.65. The Labute approximate surface area is 106 Å². The molecule has 7 heteroatoms. The molecule has 0 aliphatic heterocycles. The minimum atomic E-state index is -0.431. The Bertz CT molecular complexity index is 466. The Hall–Kier alpha value is -1.63. The zero-order chi connectivity index (χ0) is 13.4. The molecule has 1 aromatic rings. The first-order valence-electron chi connectivity index (χ1n) is 6.08. The van der Waals surface area contributed by atoms with Crippen LogP contribution in [0.15, 0.2) is 0 Å². The average Bonchev–Trinajstić information content (AvgIpc) is 3.08. The van der Waals surface area contributed by atoms with Crippen molar-refractivity contribution in [1.29, 1.82) is 0 Å². The summed E-state index contributed by atoms with van der Waals surface area (Å²) in [5.41, 5.74) is 5.79. The van der Waals surface area contributed by atoms with Gasteiger partial charge in [-0.05, 0) is 28.7 Å². The van der Waals surface area contributed by atoms with Crippen LogP contribution in [0.4, 0.5) is 11.6 Å². The number of rotatable bonds is 5. The van der Waals surface area contributed by atoms with Crippen LogP contribution in [0.1, 0.15) is 18.7 Å². The molecule has 0 amide bonds. The summed E-state index contributed by atoms with van der Waals surface area (Å²) < 4.78 is 1.75. The summed E-state index contributed by atoms with van der Waals surface area (Å²) in [5, 5.41) is 11.1. The van der Waals surface area contributed by atoms with Crippen molar-refractivity contribution in [3.8, 4) is 0 Å². The molecule has 100 valence electrons. The minimum absolute atomic E-state index is 0.0865. The van der Waals surface area contributed by atoms with Crippen molar-refractivity contribution in [2.75, 3.05) is 18.5 Å². The molecule has 1 unspecified atom stereocenters. The van der Waals surface area contributed by atoms with E-state index in [9.17, 15) is 10.1 Å². The van der Waals surface area contributed by atoms with E-state index in [0.29, 0.717) is 24.1 Å². The van der Waals surface area contributed by atoms with Crippen molar-refractivity contribution in [2.45, 2.75) is 25.8 Å². The Kier molecular flexibility index (Phi) is 3.25. The molecule has 1 saturated carbocycles. The first-order chi connectivity index (χ1) is 8.47. The van der Waals surface area contributed by atoms with Gasteiger partial charge in [0.05, 0.1) is 0 Å². The summed E-state index contributed by atoms with van der Waals surface area (Å²) >= 11 is 0. The summed E-state index contributed by atoms with van der Waals surface area (Å²) in [6, 6.07) is 0.151. The lowest BCUT2D eigenvalue weighted by molar-refractivity contribution is -0.388. The quantitative estimate of drug-likeness (QED) is 0.619. The van der Waals surface area contributed by atoms with E-state index < -0.39 is 4.92 Å². The molecular weight excluding hydrogens is 234 g/mol. The highest BCUT2D eigenvalue weighted by Crippen LogP contribution is 2.38. The molecule has 0 spiro atoms. The number of nitro groups is 1. The second kappa shape index (κ2) is 4.56. The van der Waals surface area contributed by atoms with Gasteiger partial charge in [0, 0.05) is 33.6 Å². The Balaban J connectivity index is 2.39. The third-order valence-corrected chi connectivity index (χ3v) is 3.68. The van der Waals surface area contributed by atoms with Crippen molar-refractivity contribution >= 4 is 11.6 Å². The van der Waals surface area contributed by atoms with Gasteiger partial charge >= 0.3 is 5.82 Å². The molecule has 0 radical (unpaired) electrons. The first kappa shape index (κ1) is 12.8. The zero-order valence-electron chi connectivity index (χ0n) is 11.0. The fourth-order valence-electron chi connectivity index (χ4n) is 2.40. The van der Waals surface area contributed by atoms with Gasteiger partial charge in [-0.2, -0.15) is 0 Å². The van der Waals surface area contributed by atoms with Gasteiger partial charge in [-0.25, -0.2) is 0 Å². The highest BCUT2D eigenvalue weighted by atomic mass is 16.6. The smallest absolute Gasteiger partial charge is 0.358 e. The van der Waals surface area contributed by atoms with Crippen LogP contribution in [0.2, 0.25) is 0 Å². The predicted molar refractivity (Wildman–Crippen MR) is 68.6 cm³/mol. The first-order valence-corrected chi connectivity index (χ1v) is 6.08. The molecular formula is C11H19N5O2. The lowest BCUT2D eigenvalue weighted by Gasteiger charge is -2.28. The van der Waals surface area contributed by atoms with Crippen LogP contribution in [0.25, 0.3) is 0 Å². The molecule has 7 nitrogen and oxygen atoms in total. The molecule has 0 saturated heterocycles. The topological polar surface area (TPSA) is 90.2 Å². The molecule has 1 aromatic heterocycles. The summed E-state index contributed by atoms with van der Waals surface area (Å²) in [6.45, 7) is 2.27.